The van der Waals surface area contributed by atoms with Crippen molar-refractivity contribution in [2.24, 2.45) is 0 Å². The molecule has 2 nitrogen and oxygen atoms in total. The molecule has 10 aromatic rings. The van der Waals surface area contributed by atoms with Crippen LogP contribution in [0.1, 0.15) is 61.3 Å². The Kier molecular flexibility index (Phi) is 10.5. The van der Waals surface area contributed by atoms with Crippen LogP contribution in [0, 0.1) is 0 Å². The Morgan fingerprint density at radius 3 is 1.77 bits per heavy atom. The first-order valence-corrected chi connectivity index (χ1v) is 23.8. The molecule has 0 aliphatic heterocycles. The van der Waals surface area contributed by atoms with E-state index in [2.05, 4.69) is 223 Å². The van der Waals surface area contributed by atoms with E-state index in [1.807, 2.05) is 0 Å². The number of para-hydroxylation sites is 1. The lowest BCUT2D eigenvalue weighted by Gasteiger charge is -2.29. The van der Waals surface area contributed by atoms with Gasteiger partial charge in [0.25, 0.3) is 0 Å². The molecule has 0 saturated heterocycles. The van der Waals surface area contributed by atoms with Crippen molar-refractivity contribution in [2.45, 2.75) is 50.9 Å². The number of furan rings is 1. The first-order valence-electron chi connectivity index (χ1n) is 23.8. The van der Waals surface area contributed by atoms with Crippen LogP contribution in [0.5, 0.6) is 0 Å². The molecular formula is C64H51NO. The smallest absolute Gasteiger partial charge is 0.135 e. The highest BCUT2D eigenvalue weighted by molar-refractivity contribution is 6.03. The highest BCUT2D eigenvalue weighted by atomic mass is 16.3. The topological polar surface area (TPSA) is 16.4 Å². The second-order valence-electron chi connectivity index (χ2n) is 18.1. The molecule has 1 aromatic heterocycles. The van der Waals surface area contributed by atoms with Crippen LogP contribution in [0.3, 0.4) is 0 Å². The monoisotopic (exact) mass is 849 g/mol. The average Bonchev–Trinajstić information content (AvgIpc) is 3.78. The molecular weight excluding hydrogens is 799 g/mol. The summed E-state index contributed by atoms with van der Waals surface area (Å²) in [7, 11) is 0. The van der Waals surface area contributed by atoms with Crippen LogP contribution >= 0.6 is 0 Å². The predicted octanol–water partition coefficient (Wildman–Crippen LogP) is 18.4. The minimum absolute atomic E-state index is 0.582. The third kappa shape index (κ3) is 7.43. The Balaban J connectivity index is 0.976. The molecule has 0 atom stereocenters. The summed E-state index contributed by atoms with van der Waals surface area (Å²) >= 11 is 0. The molecule has 1 fully saturated rings. The molecule has 1 heterocycles. The summed E-state index contributed by atoms with van der Waals surface area (Å²) in [6.07, 6.45) is 12.9. The van der Waals surface area contributed by atoms with Crippen molar-refractivity contribution in [3.05, 3.63) is 229 Å². The van der Waals surface area contributed by atoms with E-state index in [0.717, 1.165) is 52.4 Å². The molecule has 0 N–H and O–H groups in total. The number of fused-ring (bicyclic) bond motifs is 4. The van der Waals surface area contributed by atoms with Crippen LogP contribution in [-0.4, -0.2) is 0 Å². The van der Waals surface area contributed by atoms with Crippen molar-refractivity contribution < 1.29 is 4.42 Å². The van der Waals surface area contributed by atoms with Crippen molar-refractivity contribution in [3.63, 3.8) is 0 Å². The summed E-state index contributed by atoms with van der Waals surface area (Å²) in [6, 6.07) is 76.2. The fourth-order valence-corrected chi connectivity index (χ4v) is 10.9. The molecule has 2 heteroatoms. The van der Waals surface area contributed by atoms with E-state index in [0.29, 0.717) is 5.92 Å². The first kappa shape index (κ1) is 39.9. The zero-order chi connectivity index (χ0) is 43.8. The van der Waals surface area contributed by atoms with E-state index in [-0.39, 0.29) is 0 Å². The largest absolute Gasteiger partial charge is 0.456 e. The third-order valence-electron chi connectivity index (χ3n) is 14.2. The summed E-state index contributed by atoms with van der Waals surface area (Å²) in [5, 5.41) is 3.93. The van der Waals surface area contributed by atoms with Crippen molar-refractivity contribution in [2.75, 3.05) is 4.90 Å². The molecule has 12 rings (SSSR count). The zero-order valence-corrected chi connectivity index (χ0v) is 37.2. The number of benzene rings is 9. The lowest BCUT2D eigenvalue weighted by Crippen LogP contribution is -2.11. The van der Waals surface area contributed by atoms with Crippen molar-refractivity contribution in [3.8, 4) is 55.6 Å². The van der Waals surface area contributed by atoms with Gasteiger partial charge in [-0.15, -0.1) is 0 Å². The maximum absolute atomic E-state index is 6.36. The quantitative estimate of drug-likeness (QED) is 0.144. The van der Waals surface area contributed by atoms with E-state index in [9.17, 15) is 0 Å². The van der Waals surface area contributed by atoms with Crippen LogP contribution in [0.4, 0.5) is 17.1 Å². The van der Waals surface area contributed by atoms with Gasteiger partial charge in [0, 0.05) is 27.9 Å². The van der Waals surface area contributed by atoms with Gasteiger partial charge in [-0.25, -0.2) is 0 Å². The van der Waals surface area contributed by atoms with Crippen LogP contribution in [0.2, 0.25) is 0 Å². The highest BCUT2D eigenvalue weighted by Crippen LogP contribution is 2.47. The Labute approximate surface area is 388 Å². The van der Waals surface area contributed by atoms with Gasteiger partial charge in [-0.1, -0.05) is 189 Å². The van der Waals surface area contributed by atoms with E-state index in [4.69, 9.17) is 4.42 Å². The van der Waals surface area contributed by atoms with Crippen LogP contribution < -0.4 is 4.90 Å². The molecule has 318 valence electrons. The van der Waals surface area contributed by atoms with Crippen molar-refractivity contribution in [1.29, 1.82) is 0 Å². The number of hydrogen-bond acceptors (Lipinski definition) is 2. The Morgan fingerprint density at radius 2 is 1.05 bits per heavy atom. The van der Waals surface area contributed by atoms with Gasteiger partial charge in [0.2, 0.25) is 0 Å². The van der Waals surface area contributed by atoms with Gasteiger partial charge in [-0.05, 0) is 147 Å². The van der Waals surface area contributed by atoms with E-state index in [1.54, 1.807) is 0 Å². The van der Waals surface area contributed by atoms with Crippen LogP contribution in [0.15, 0.2) is 217 Å². The van der Waals surface area contributed by atoms with Gasteiger partial charge in [0.05, 0.1) is 5.69 Å². The maximum atomic E-state index is 6.36. The second kappa shape index (κ2) is 17.4. The summed E-state index contributed by atoms with van der Waals surface area (Å²) in [4.78, 5) is 2.45. The molecule has 66 heavy (non-hydrogen) atoms. The summed E-state index contributed by atoms with van der Waals surface area (Å²) in [5.41, 5.74) is 19.2. The summed E-state index contributed by atoms with van der Waals surface area (Å²) < 4.78 is 6.36. The fraction of sp³-hybridized carbons (Fsp3) is 0.125. The predicted molar refractivity (Wildman–Crippen MR) is 279 cm³/mol. The molecule has 0 spiro atoms. The fourth-order valence-electron chi connectivity index (χ4n) is 10.9. The first-order chi connectivity index (χ1) is 32.7. The van der Waals surface area contributed by atoms with E-state index < -0.39 is 0 Å². The lowest BCUT2D eigenvalue weighted by molar-refractivity contribution is 0.445. The van der Waals surface area contributed by atoms with Crippen LogP contribution in [0.25, 0.3) is 83.5 Å². The van der Waals surface area contributed by atoms with Gasteiger partial charge >= 0.3 is 0 Å². The molecule has 9 aromatic carbocycles. The van der Waals surface area contributed by atoms with Gasteiger partial charge in [-0.3, -0.25) is 0 Å². The minimum atomic E-state index is 0.582. The Hall–Kier alpha value is -7.68. The number of hydrogen-bond donors (Lipinski definition) is 0. The van der Waals surface area contributed by atoms with Crippen molar-refractivity contribution in [1.82, 2.24) is 0 Å². The third-order valence-corrected chi connectivity index (χ3v) is 14.2. The van der Waals surface area contributed by atoms with Gasteiger partial charge in [0.1, 0.15) is 11.3 Å². The SMILES string of the molecule is C1=Cc2oc3cc(-c4ccc(N(c5ccc(-c6ccc(-c7ccccc7)c(-c7ccccc7)c6)cc5)c5ccccc5-c5cccc6cccc(C7CCCCC7)c56)cc4)ccc3c2CC1. The summed E-state index contributed by atoms with van der Waals surface area (Å²) in [5.74, 6) is 1.58. The molecule has 0 radical (unpaired) electrons. The second-order valence-corrected chi connectivity index (χ2v) is 18.1. The highest BCUT2D eigenvalue weighted by Gasteiger charge is 2.23. The number of allylic oxidation sites excluding steroid dienone is 1. The molecule has 1 saturated carbocycles. The Morgan fingerprint density at radius 1 is 0.439 bits per heavy atom. The maximum Gasteiger partial charge on any atom is 0.135 e. The molecule has 0 bridgehead atoms. The number of nitrogens with zero attached hydrogens (tertiary/aromatic N) is 1. The van der Waals surface area contributed by atoms with Gasteiger partial charge < -0.3 is 9.32 Å². The minimum Gasteiger partial charge on any atom is -0.456 e. The number of aryl methyl sites for hydroxylation is 1. The zero-order valence-electron chi connectivity index (χ0n) is 37.2. The average molecular weight is 850 g/mol. The molecule has 0 unspecified atom stereocenters. The number of anilines is 3. The standard InChI is InChI=1S/C64H51NO/c1-4-16-46(17-5-1)54-40-34-50(42-60(54)48-20-8-3-9-21-48)44-30-36-52(37-31-44)65(53-38-32-45(33-39-53)51-35-41-58-57-25-11-13-29-62(57)66-63(58)43-51)61-28-12-10-24-56(61)59-27-15-23-49-22-14-26-55(64(49)59)47-18-6-2-7-19-47/h1,3-5,8-10,12-17,20-24,26-43,47H,2,6-7,11,18-19,25H2. The Bertz CT molecular complexity index is 3370. The van der Waals surface area contributed by atoms with Crippen molar-refractivity contribution >= 4 is 44.9 Å². The molecule has 2 aliphatic carbocycles. The normalized spacial score (nSPS) is 13.8. The van der Waals surface area contributed by atoms with E-state index in [1.165, 1.54) is 104 Å². The number of rotatable bonds is 9. The molecule has 0 amide bonds. The van der Waals surface area contributed by atoms with Crippen LogP contribution in [-0.2, 0) is 6.42 Å². The van der Waals surface area contributed by atoms with Gasteiger partial charge in [0.15, 0.2) is 0 Å². The van der Waals surface area contributed by atoms with Gasteiger partial charge in [-0.2, -0.15) is 0 Å². The molecule has 2 aliphatic rings. The lowest BCUT2D eigenvalue weighted by atomic mass is 9.80. The summed E-state index contributed by atoms with van der Waals surface area (Å²) in [6.45, 7) is 0. The van der Waals surface area contributed by atoms with E-state index >= 15 is 0 Å².